The molecule has 0 aliphatic rings. The molecule has 0 aliphatic carbocycles. The van der Waals surface area contributed by atoms with Gasteiger partial charge in [0.15, 0.2) is 11.4 Å². The minimum atomic E-state index is -0.727. The second-order valence-electron chi connectivity index (χ2n) is 7.97. The minimum Gasteiger partial charge on any atom is -0.493 e. The number of rotatable bonds is 9. The zero-order valence-corrected chi connectivity index (χ0v) is 19.7. The van der Waals surface area contributed by atoms with E-state index in [2.05, 4.69) is 10.3 Å². The second-order valence-corrected chi connectivity index (χ2v) is 7.97. The number of benzene rings is 1. The summed E-state index contributed by atoms with van der Waals surface area (Å²) in [5.41, 5.74) is 2.26. The van der Waals surface area contributed by atoms with E-state index in [1.54, 1.807) is 34.6 Å². The Morgan fingerprint density at radius 2 is 1.76 bits per heavy atom. The van der Waals surface area contributed by atoms with E-state index in [4.69, 9.17) is 14.2 Å². The Labute approximate surface area is 192 Å². The van der Waals surface area contributed by atoms with Crippen molar-refractivity contribution in [3.63, 3.8) is 0 Å². The SMILES string of the molecule is COc1ccnc(C(=O)NCC(=O)OC(C)Cc2c(C)cc(F)cc2C)c1OC(=O)C(C)C. The maximum atomic E-state index is 13.5. The third-order valence-corrected chi connectivity index (χ3v) is 4.86. The molecule has 33 heavy (non-hydrogen) atoms. The quantitative estimate of drug-likeness (QED) is 0.573. The van der Waals surface area contributed by atoms with E-state index in [1.165, 1.54) is 31.5 Å². The molecule has 0 radical (unpaired) electrons. The molecule has 1 amide bonds. The van der Waals surface area contributed by atoms with E-state index in [0.717, 1.165) is 16.7 Å². The van der Waals surface area contributed by atoms with Crippen LogP contribution in [0.1, 0.15) is 48.0 Å². The maximum Gasteiger partial charge on any atom is 0.325 e. The standard InChI is InChI=1S/C24H29FN2O6/c1-13(2)24(30)33-22-19(31-6)7-8-26-21(22)23(29)27-12-20(28)32-16(5)11-18-14(3)9-17(25)10-15(18)4/h7-10,13,16H,11-12H2,1-6H3,(H,27,29). The number of amides is 1. The van der Waals surface area contributed by atoms with Crippen LogP contribution in [0, 0.1) is 25.6 Å². The Hall–Kier alpha value is -3.49. The van der Waals surface area contributed by atoms with Crippen LogP contribution in [0.4, 0.5) is 4.39 Å². The van der Waals surface area contributed by atoms with Crippen molar-refractivity contribution in [2.75, 3.05) is 13.7 Å². The van der Waals surface area contributed by atoms with Crippen molar-refractivity contribution in [1.82, 2.24) is 10.3 Å². The van der Waals surface area contributed by atoms with E-state index in [1.807, 2.05) is 0 Å². The molecule has 1 N–H and O–H groups in total. The predicted molar refractivity (Wildman–Crippen MR) is 119 cm³/mol. The lowest BCUT2D eigenvalue weighted by atomic mass is 9.97. The van der Waals surface area contributed by atoms with Crippen molar-refractivity contribution < 1.29 is 33.0 Å². The monoisotopic (exact) mass is 460 g/mol. The second kappa shape index (κ2) is 11.4. The molecule has 0 saturated carbocycles. The highest BCUT2D eigenvalue weighted by Crippen LogP contribution is 2.30. The van der Waals surface area contributed by atoms with E-state index in [0.29, 0.717) is 6.42 Å². The van der Waals surface area contributed by atoms with Crippen LogP contribution in [0.25, 0.3) is 0 Å². The number of hydrogen-bond acceptors (Lipinski definition) is 7. The van der Waals surface area contributed by atoms with Gasteiger partial charge in [-0.2, -0.15) is 0 Å². The number of esters is 2. The summed E-state index contributed by atoms with van der Waals surface area (Å²) in [5.74, 6) is -2.66. The fourth-order valence-corrected chi connectivity index (χ4v) is 3.16. The van der Waals surface area contributed by atoms with Gasteiger partial charge in [0.25, 0.3) is 5.91 Å². The molecule has 2 aromatic rings. The maximum absolute atomic E-state index is 13.5. The number of carbonyl (C=O) groups excluding carboxylic acids is 3. The number of hydrogen-bond donors (Lipinski definition) is 1. The van der Waals surface area contributed by atoms with Crippen molar-refractivity contribution in [3.05, 3.63) is 52.6 Å². The van der Waals surface area contributed by atoms with Crippen LogP contribution in [0.3, 0.4) is 0 Å². The molecule has 0 fully saturated rings. The van der Waals surface area contributed by atoms with E-state index in [9.17, 15) is 18.8 Å². The van der Waals surface area contributed by atoms with Crippen molar-refractivity contribution >= 4 is 17.8 Å². The molecular weight excluding hydrogens is 431 g/mol. The minimum absolute atomic E-state index is 0.125. The molecule has 0 aliphatic heterocycles. The first-order chi connectivity index (χ1) is 15.5. The van der Waals surface area contributed by atoms with E-state index >= 15 is 0 Å². The lowest BCUT2D eigenvalue weighted by Crippen LogP contribution is -2.33. The normalized spacial score (nSPS) is 11.6. The molecule has 1 aromatic heterocycles. The van der Waals surface area contributed by atoms with Crippen LogP contribution < -0.4 is 14.8 Å². The molecule has 0 spiro atoms. The molecule has 178 valence electrons. The summed E-state index contributed by atoms with van der Waals surface area (Å²) in [4.78, 5) is 40.9. The molecule has 1 unspecified atom stereocenters. The van der Waals surface area contributed by atoms with Crippen LogP contribution in [0.5, 0.6) is 11.5 Å². The number of aromatic nitrogens is 1. The average molecular weight is 461 g/mol. The van der Waals surface area contributed by atoms with Gasteiger partial charge in [0.05, 0.1) is 13.0 Å². The summed E-state index contributed by atoms with van der Waals surface area (Å²) in [6.07, 6.45) is 1.24. The summed E-state index contributed by atoms with van der Waals surface area (Å²) in [6, 6.07) is 4.32. The van der Waals surface area contributed by atoms with Gasteiger partial charge in [-0.1, -0.05) is 13.8 Å². The van der Waals surface area contributed by atoms with Crippen LogP contribution in [-0.4, -0.2) is 42.6 Å². The van der Waals surface area contributed by atoms with Gasteiger partial charge in [0.2, 0.25) is 5.75 Å². The average Bonchev–Trinajstić information content (AvgIpc) is 2.74. The lowest BCUT2D eigenvalue weighted by molar-refractivity contribution is -0.146. The number of nitrogens with one attached hydrogen (secondary N) is 1. The Morgan fingerprint density at radius 3 is 2.33 bits per heavy atom. The van der Waals surface area contributed by atoms with Crippen LogP contribution in [0.2, 0.25) is 0 Å². The van der Waals surface area contributed by atoms with E-state index < -0.39 is 36.4 Å². The van der Waals surface area contributed by atoms with Gasteiger partial charge in [-0.3, -0.25) is 14.4 Å². The molecule has 9 heteroatoms. The van der Waals surface area contributed by atoms with Crippen LogP contribution in [-0.2, 0) is 20.7 Å². The highest BCUT2D eigenvalue weighted by atomic mass is 19.1. The van der Waals surface area contributed by atoms with Gasteiger partial charge in [-0.05, 0) is 49.6 Å². The molecule has 8 nitrogen and oxygen atoms in total. The summed E-state index contributed by atoms with van der Waals surface area (Å²) in [6.45, 7) is 8.19. The van der Waals surface area contributed by atoms with Crippen molar-refractivity contribution in [3.8, 4) is 11.5 Å². The largest absolute Gasteiger partial charge is 0.493 e. The molecular formula is C24H29FN2O6. The number of carbonyl (C=O) groups is 3. The first-order valence-corrected chi connectivity index (χ1v) is 10.5. The molecule has 2 rings (SSSR count). The third-order valence-electron chi connectivity index (χ3n) is 4.86. The zero-order chi connectivity index (χ0) is 24.7. The van der Waals surface area contributed by atoms with Gasteiger partial charge in [0, 0.05) is 18.7 Å². The van der Waals surface area contributed by atoms with Crippen molar-refractivity contribution in [2.24, 2.45) is 5.92 Å². The van der Waals surface area contributed by atoms with Crippen molar-refractivity contribution in [1.29, 1.82) is 0 Å². The number of aryl methyl sites for hydroxylation is 2. The zero-order valence-electron chi connectivity index (χ0n) is 19.7. The summed E-state index contributed by atoms with van der Waals surface area (Å²) >= 11 is 0. The predicted octanol–water partition coefficient (Wildman–Crippen LogP) is 3.31. The summed E-state index contributed by atoms with van der Waals surface area (Å²) in [7, 11) is 1.37. The van der Waals surface area contributed by atoms with Crippen molar-refractivity contribution in [2.45, 2.75) is 47.1 Å². The van der Waals surface area contributed by atoms with Gasteiger partial charge in [-0.15, -0.1) is 0 Å². The number of nitrogens with zero attached hydrogens (tertiary/aromatic N) is 1. The van der Waals surface area contributed by atoms with Crippen LogP contribution in [0.15, 0.2) is 24.4 Å². The number of methoxy groups -OCH3 is 1. The molecule has 1 atom stereocenters. The summed E-state index contributed by atoms with van der Waals surface area (Å²) in [5, 5.41) is 2.42. The lowest BCUT2D eigenvalue weighted by Gasteiger charge is -2.17. The Balaban J connectivity index is 2.02. The van der Waals surface area contributed by atoms with Gasteiger partial charge in [0.1, 0.15) is 18.5 Å². The smallest absolute Gasteiger partial charge is 0.325 e. The fourth-order valence-electron chi connectivity index (χ4n) is 3.16. The fraction of sp³-hybridized carbons (Fsp3) is 0.417. The Kier molecular flexibility index (Phi) is 8.90. The Morgan fingerprint density at radius 1 is 1.12 bits per heavy atom. The molecule has 1 aromatic carbocycles. The number of ether oxygens (including phenoxy) is 3. The molecule has 0 bridgehead atoms. The topological polar surface area (TPSA) is 104 Å². The Bertz CT molecular complexity index is 1010. The van der Waals surface area contributed by atoms with Gasteiger partial charge >= 0.3 is 11.9 Å². The van der Waals surface area contributed by atoms with E-state index in [-0.39, 0.29) is 23.0 Å². The third kappa shape index (κ3) is 7.00. The molecule has 1 heterocycles. The number of halogens is 1. The number of pyridine rings is 1. The first kappa shape index (κ1) is 25.8. The van der Waals surface area contributed by atoms with Gasteiger partial charge < -0.3 is 19.5 Å². The first-order valence-electron chi connectivity index (χ1n) is 10.5. The highest BCUT2D eigenvalue weighted by Gasteiger charge is 2.23. The van der Waals surface area contributed by atoms with Gasteiger partial charge in [-0.25, -0.2) is 9.37 Å². The van der Waals surface area contributed by atoms with Crippen LogP contribution >= 0.6 is 0 Å². The highest BCUT2D eigenvalue weighted by molar-refractivity contribution is 5.98. The summed E-state index contributed by atoms with van der Waals surface area (Å²) < 4.78 is 29.3. The molecule has 0 saturated heterocycles.